The Balaban J connectivity index is 1.47. The number of nitrogens with one attached hydrogen (secondary N) is 2. The number of Topliss-reactive ketones (excluding diaryl/α,β-unsaturated/α-hetero) is 1. The van der Waals surface area contributed by atoms with Gasteiger partial charge in [0.15, 0.2) is 5.78 Å². The quantitative estimate of drug-likeness (QED) is 0.318. The van der Waals surface area contributed by atoms with Crippen LogP contribution in [0.15, 0.2) is 89.0 Å². The highest BCUT2D eigenvalue weighted by atomic mass is 32.2. The van der Waals surface area contributed by atoms with Crippen LogP contribution in [0.4, 0.5) is 11.4 Å². The Hall–Kier alpha value is -3.95. The molecule has 3 aromatic rings. The third-order valence-corrected chi connectivity index (χ3v) is 9.33. The first kappa shape index (κ1) is 31.5. The summed E-state index contributed by atoms with van der Waals surface area (Å²) in [5.74, 6) is -0.0836. The highest BCUT2D eigenvalue weighted by molar-refractivity contribution is 7.89. The molecule has 3 aromatic carbocycles. The Morgan fingerprint density at radius 2 is 1.66 bits per heavy atom. The van der Waals surface area contributed by atoms with Crippen LogP contribution in [0.25, 0.3) is 0 Å². The fraction of sp³-hybridized carbons (Fsp3) is 0.371. The van der Waals surface area contributed by atoms with E-state index in [4.69, 9.17) is 5.14 Å². The fourth-order valence-electron chi connectivity index (χ4n) is 6.14. The zero-order valence-electron chi connectivity index (χ0n) is 26.1. The number of sulfonamides is 1. The third kappa shape index (κ3) is 6.89. The molecule has 44 heavy (non-hydrogen) atoms. The summed E-state index contributed by atoms with van der Waals surface area (Å²) in [7, 11) is -3.76. The van der Waals surface area contributed by atoms with Gasteiger partial charge in [0.2, 0.25) is 15.9 Å². The predicted molar refractivity (Wildman–Crippen MR) is 175 cm³/mol. The molecule has 0 spiro atoms. The third-order valence-electron chi connectivity index (χ3n) is 8.40. The number of hydrogen-bond acceptors (Lipinski definition) is 6. The van der Waals surface area contributed by atoms with Crippen molar-refractivity contribution in [2.24, 2.45) is 10.6 Å². The number of ketones is 1. The predicted octanol–water partition coefficient (Wildman–Crippen LogP) is 5.61. The molecule has 0 bridgehead atoms. The molecule has 2 aliphatic rings. The molecule has 0 saturated carbocycles. The number of para-hydroxylation sites is 2. The van der Waals surface area contributed by atoms with E-state index < -0.39 is 16.1 Å². The van der Waals surface area contributed by atoms with E-state index in [0.717, 1.165) is 34.6 Å². The maximum absolute atomic E-state index is 13.9. The van der Waals surface area contributed by atoms with Crippen molar-refractivity contribution in [1.82, 2.24) is 5.32 Å². The van der Waals surface area contributed by atoms with Crippen molar-refractivity contribution < 1.29 is 18.0 Å². The van der Waals surface area contributed by atoms with Gasteiger partial charge in [-0.1, -0.05) is 83.1 Å². The van der Waals surface area contributed by atoms with Gasteiger partial charge in [0.05, 0.1) is 28.9 Å². The molecular formula is C35H42N4O4S. The number of carbonyl (C=O) groups excluding carboxylic acids is 2. The minimum absolute atomic E-state index is 0.0241. The molecule has 1 amide bonds. The molecule has 9 heteroatoms. The molecule has 5 rings (SSSR count). The zero-order chi connectivity index (χ0) is 31.9. The topological polar surface area (TPSA) is 122 Å². The number of rotatable bonds is 7. The summed E-state index contributed by atoms with van der Waals surface area (Å²) in [6.45, 7) is 11.2. The normalized spacial score (nSPS) is 18.2. The summed E-state index contributed by atoms with van der Waals surface area (Å²) in [6.07, 6.45) is 1.68. The maximum atomic E-state index is 13.9. The SMILES string of the molecule is CC1(C)CC(=O)C2=C(C1)Nc1ccccc1N(CC(=O)NCCc1ccc(S(N)(=O)=O)cc1)C2c1ccc(C(C)(C)C)cc1. The van der Waals surface area contributed by atoms with E-state index in [2.05, 4.69) is 69.5 Å². The minimum Gasteiger partial charge on any atom is -0.357 e. The summed E-state index contributed by atoms with van der Waals surface area (Å²) in [4.78, 5) is 29.6. The van der Waals surface area contributed by atoms with Gasteiger partial charge in [-0.15, -0.1) is 0 Å². The van der Waals surface area contributed by atoms with Crippen LogP contribution >= 0.6 is 0 Å². The van der Waals surface area contributed by atoms with E-state index in [1.807, 2.05) is 29.2 Å². The second kappa shape index (κ2) is 11.9. The number of primary sulfonamides is 1. The lowest BCUT2D eigenvalue weighted by Crippen LogP contribution is -2.42. The largest absolute Gasteiger partial charge is 0.357 e. The van der Waals surface area contributed by atoms with Gasteiger partial charge in [-0.25, -0.2) is 13.6 Å². The highest BCUT2D eigenvalue weighted by Gasteiger charge is 2.42. The van der Waals surface area contributed by atoms with Crippen molar-refractivity contribution >= 4 is 33.1 Å². The lowest BCUT2D eigenvalue weighted by Gasteiger charge is -2.38. The molecule has 1 heterocycles. The molecule has 1 aliphatic carbocycles. The lowest BCUT2D eigenvalue weighted by atomic mass is 9.73. The van der Waals surface area contributed by atoms with Crippen LogP contribution in [0.2, 0.25) is 0 Å². The van der Waals surface area contributed by atoms with Gasteiger partial charge < -0.3 is 15.5 Å². The first-order chi connectivity index (χ1) is 20.6. The van der Waals surface area contributed by atoms with Gasteiger partial charge in [0, 0.05) is 24.2 Å². The van der Waals surface area contributed by atoms with Gasteiger partial charge in [-0.05, 0) is 64.6 Å². The summed E-state index contributed by atoms with van der Waals surface area (Å²) < 4.78 is 23.1. The first-order valence-corrected chi connectivity index (χ1v) is 16.5. The number of carbonyl (C=O) groups is 2. The molecular weight excluding hydrogens is 572 g/mol. The summed E-state index contributed by atoms with van der Waals surface area (Å²) >= 11 is 0. The Morgan fingerprint density at radius 1 is 1.00 bits per heavy atom. The number of amides is 1. The van der Waals surface area contributed by atoms with Crippen molar-refractivity contribution in [2.45, 2.75) is 70.2 Å². The van der Waals surface area contributed by atoms with Crippen molar-refractivity contribution in [3.8, 4) is 0 Å². The van der Waals surface area contributed by atoms with E-state index in [9.17, 15) is 18.0 Å². The molecule has 1 atom stereocenters. The van der Waals surface area contributed by atoms with E-state index in [0.29, 0.717) is 25.0 Å². The van der Waals surface area contributed by atoms with Gasteiger partial charge in [0.25, 0.3) is 0 Å². The van der Waals surface area contributed by atoms with Crippen LogP contribution in [-0.4, -0.2) is 33.2 Å². The van der Waals surface area contributed by atoms with Crippen molar-refractivity contribution in [3.05, 3.63) is 101 Å². The first-order valence-electron chi connectivity index (χ1n) is 15.0. The molecule has 0 aromatic heterocycles. The van der Waals surface area contributed by atoms with Gasteiger partial charge in [-0.3, -0.25) is 9.59 Å². The molecule has 1 unspecified atom stereocenters. The van der Waals surface area contributed by atoms with Crippen molar-refractivity contribution in [1.29, 1.82) is 0 Å². The van der Waals surface area contributed by atoms with Crippen LogP contribution in [0.3, 0.4) is 0 Å². The second-order valence-electron chi connectivity index (χ2n) is 13.7. The molecule has 0 fully saturated rings. The Bertz CT molecular complexity index is 1700. The smallest absolute Gasteiger partial charge is 0.239 e. The van der Waals surface area contributed by atoms with Gasteiger partial charge in [0.1, 0.15) is 0 Å². The number of fused-ring (bicyclic) bond motifs is 1. The van der Waals surface area contributed by atoms with Crippen LogP contribution in [0, 0.1) is 5.41 Å². The minimum atomic E-state index is -3.76. The molecule has 4 N–H and O–H groups in total. The highest BCUT2D eigenvalue weighted by Crippen LogP contribution is 2.48. The number of hydrogen-bond donors (Lipinski definition) is 3. The monoisotopic (exact) mass is 614 g/mol. The van der Waals surface area contributed by atoms with Crippen LogP contribution in [-0.2, 0) is 31.4 Å². The second-order valence-corrected chi connectivity index (χ2v) is 15.2. The molecule has 0 radical (unpaired) electrons. The maximum Gasteiger partial charge on any atom is 0.239 e. The molecule has 232 valence electrons. The number of allylic oxidation sites excluding steroid dienone is 1. The van der Waals surface area contributed by atoms with E-state index in [1.165, 1.54) is 17.7 Å². The van der Waals surface area contributed by atoms with Crippen LogP contribution < -0.4 is 20.7 Å². The number of nitrogens with two attached hydrogens (primary N) is 1. The molecule has 0 saturated heterocycles. The summed E-state index contributed by atoms with van der Waals surface area (Å²) in [6, 6.07) is 22.2. The van der Waals surface area contributed by atoms with Crippen LogP contribution in [0.1, 0.15) is 70.2 Å². The molecule has 1 aliphatic heterocycles. The Labute approximate surface area is 260 Å². The number of anilines is 2. The Kier molecular flexibility index (Phi) is 8.48. The van der Waals surface area contributed by atoms with Crippen molar-refractivity contribution in [2.75, 3.05) is 23.3 Å². The standard InChI is InChI=1S/C35H42N4O4S/c1-34(2,3)25-14-12-24(13-15-25)33-32-28(20-35(4,5)21-30(32)40)38-27-8-6-7-9-29(27)39(33)22-31(41)37-19-18-23-10-16-26(17-11-23)44(36,42)43/h6-17,33,38H,18-22H2,1-5H3,(H,37,41)(H2,36,42,43). The Morgan fingerprint density at radius 3 is 2.30 bits per heavy atom. The molecule has 8 nitrogen and oxygen atoms in total. The van der Waals surface area contributed by atoms with E-state index in [1.54, 1.807) is 12.1 Å². The van der Waals surface area contributed by atoms with Gasteiger partial charge >= 0.3 is 0 Å². The van der Waals surface area contributed by atoms with Crippen LogP contribution in [0.5, 0.6) is 0 Å². The number of benzene rings is 3. The van der Waals surface area contributed by atoms with E-state index >= 15 is 0 Å². The summed E-state index contributed by atoms with van der Waals surface area (Å²) in [5, 5.41) is 11.8. The van der Waals surface area contributed by atoms with Crippen molar-refractivity contribution in [3.63, 3.8) is 0 Å². The lowest BCUT2D eigenvalue weighted by molar-refractivity contribution is -0.120. The average molecular weight is 615 g/mol. The van der Waals surface area contributed by atoms with Gasteiger partial charge in [-0.2, -0.15) is 0 Å². The zero-order valence-corrected chi connectivity index (χ0v) is 26.9. The summed E-state index contributed by atoms with van der Waals surface area (Å²) in [5.41, 5.74) is 6.17. The number of nitrogens with zero attached hydrogens (tertiary/aromatic N) is 1. The average Bonchev–Trinajstić information content (AvgIpc) is 3.06. The fourth-order valence-corrected chi connectivity index (χ4v) is 6.66. The van der Waals surface area contributed by atoms with E-state index in [-0.39, 0.29) is 34.0 Å².